The topological polar surface area (TPSA) is 75.5 Å². The predicted octanol–water partition coefficient (Wildman–Crippen LogP) is 4.11. The lowest BCUT2D eigenvalue weighted by atomic mass is 9.95. The number of hydrogen-bond donors (Lipinski definition) is 1. The lowest BCUT2D eigenvalue weighted by Gasteiger charge is -2.38. The van der Waals surface area contributed by atoms with E-state index in [0.717, 1.165) is 43.3 Å². The van der Waals surface area contributed by atoms with Gasteiger partial charge in [0.05, 0.1) is 11.0 Å². The molecule has 1 N–H and O–H groups in total. The highest BCUT2D eigenvalue weighted by Gasteiger charge is 2.31. The van der Waals surface area contributed by atoms with Gasteiger partial charge in [0, 0.05) is 6.07 Å². The Morgan fingerprint density at radius 2 is 1.74 bits per heavy atom. The summed E-state index contributed by atoms with van der Waals surface area (Å²) in [6.07, 6.45) is 4.26. The van der Waals surface area contributed by atoms with Crippen molar-refractivity contribution in [1.29, 1.82) is 0 Å². The Bertz CT molecular complexity index is 786. The molecule has 0 amide bonds. The molecule has 142 valence electrons. The quantitative estimate of drug-likeness (QED) is 0.453. The van der Waals surface area contributed by atoms with Crippen molar-refractivity contribution >= 4 is 17.7 Å². The SMILES string of the molecule is Cc1ccc(C(C(C=O)Nc2ccccc2[N+](=O)[O-])N2CCCCC2)cc1. The van der Waals surface area contributed by atoms with Gasteiger partial charge in [-0.05, 0) is 44.5 Å². The number of aldehydes is 1. The van der Waals surface area contributed by atoms with Crippen LogP contribution >= 0.6 is 0 Å². The number of nitrogens with one attached hydrogen (secondary N) is 1. The Morgan fingerprint density at radius 3 is 2.37 bits per heavy atom. The monoisotopic (exact) mass is 367 g/mol. The average Bonchev–Trinajstić information content (AvgIpc) is 2.70. The molecule has 0 bridgehead atoms. The molecule has 2 unspecified atom stereocenters. The second kappa shape index (κ2) is 8.77. The van der Waals surface area contributed by atoms with Gasteiger partial charge in [0.2, 0.25) is 0 Å². The zero-order valence-electron chi connectivity index (χ0n) is 15.5. The summed E-state index contributed by atoms with van der Waals surface area (Å²) in [4.78, 5) is 25.3. The lowest BCUT2D eigenvalue weighted by Crippen LogP contribution is -2.43. The molecule has 1 heterocycles. The van der Waals surface area contributed by atoms with Crippen molar-refractivity contribution in [2.24, 2.45) is 0 Å². The number of carbonyl (C=O) groups excluding carboxylic acids is 1. The third-order valence-corrected chi connectivity index (χ3v) is 5.11. The van der Waals surface area contributed by atoms with Crippen LogP contribution in [0.1, 0.15) is 36.4 Å². The third kappa shape index (κ3) is 4.52. The smallest absolute Gasteiger partial charge is 0.292 e. The molecule has 6 nitrogen and oxygen atoms in total. The Kier molecular flexibility index (Phi) is 6.19. The summed E-state index contributed by atoms with van der Waals surface area (Å²) < 4.78 is 0. The van der Waals surface area contributed by atoms with Crippen molar-refractivity contribution in [2.75, 3.05) is 18.4 Å². The Labute approximate surface area is 159 Å². The van der Waals surface area contributed by atoms with E-state index in [9.17, 15) is 14.9 Å². The molecule has 1 fully saturated rings. The minimum absolute atomic E-state index is 0.0225. The molecule has 2 aromatic rings. The average molecular weight is 367 g/mol. The normalized spacial score (nSPS) is 17.1. The molecule has 0 radical (unpaired) electrons. The van der Waals surface area contributed by atoms with Crippen molar-refractivity contribution in [3.8, 4) is 0 Å². The summed E-state index contributed by atoms with van der Waals surface area (Å²) in [5.74, 6) is 0. The summed E-state index contributed by atoms with van der Waals surface area (Å²) in [7, 11) is 0. The first-order chi connectivity index (χ1) is 13.1. The number of nitro groups is 1. The number of anilines is 1. The van der Waals surface area contributed by atoms with E-state index < -0.39 is 11.0 Å². The van der Waals surface area contributed by atoms with Gasteiger partial charge in [-0.3, -0.25) is 15.0 Å². The maximum atomic E-state index is 12.1. The minimum Gasteiger partial charge on any atom is -0.368 e. The van der Waals surface area contributed by atoms with Crippen LogP contribution in [0.15, 0.2) is 48.5 Å². The number of benzene rings is 2. The van der Waals surface area contributed by atoms with Crippen LogP contribution in [-0.2, 0) is 4.79 Å². The molecule has 1 aliphatic heterocycles. The van der Waals surface area contributed by atoms with Crippen molar-refractivity contribution in [2.45, 2.75) is 38.3 Å². The third-order valence-electron chi connectivity index (χ3n) is 5.11. The van der Waals surface area contributed by atoms with E-state index in [0.29, 0.717) is 5.69 Å². The number of piperidine rings is 1. The van der Waals surface area contributed by atoms with Gasteiger partial charge in [-0.25, -0.2) is 0 Å². The molecule has 2 aromatic carbocycles. The van der Waals surface area contributed by atoms with Gasteiger partial charge >= 0.3 is 0 Å². The van der Waals surface area contributed by atoms with Crippen LogP contribution in [0.3, 0.4) is 0 Å². The number of hydrogen-bond acceptors (Lipinski definition) is 5. The molecular weight excluding hydrogens is 342 g/mol. The number of nitro benzene ring substituents is 1. The van der Waals surface area contributed by atoms with E-state index in [1.54, 1.807) is 18.2 Å². The summed E-state index contributed by atoms with van der Waals surface area (Å²) in [6, 6.07) is 13.9. The van der Waals surface area contributed by atoms with Crippen molar-refractivity contribution < 1.29 is 9.72 Å². The first-order valence-corrected chi connectivity index (χ1v) is 9.36. The molecule has 0 saturated carbocycles. The molecule has 27 heavy (non-hydrogen) atoms. The number of nitrogens with zero attached hydrogens (tertiary/aromatic N) is 2. The van der Waals surface area contributed by atoms with Gasteiger partial charge in [0.15, 0.2) is 0 Å². The predicted molar refractivity (Wildman–Crippen MR) is 106 cm³/mol. The van der Waals surface area contributed by atoms with Gasteiger partial charge in [0.1, 0.15) is 18.0 Å². The summed E-state index contributed by atoms with van der Waals surface area (Å²) >= 11 is 0. The maximum absolute atomic E-state index is 12.1. The highest BCUT2D eigenvalue weighted by Crippen LogP contribution is 2.31. The number of para-hydroxylation sites is 2. The molecular formula is C21H25N3O3. The second-order valence-electron chi connectivity index (χ2n) is 7.03. The zero-order valence-corrected chi connectivity index (χ0v) is 15.5. The number of aryl methyl sites for hydroxylation is 1. The van der Waals surface area contributed by atoms with E-state index in [-0.39, 0.29) is 11.7 Å². The van der Waals surface area contributed by atoms with Crippen LogP contribution < -0.4 is 5.32 Å². The summed E-state index contributed by atoms with van der Waals surface area (Å²) in [5, 5.41) is 14.5. The maximum Gasteiger partial charge on any atom is 0.292 e. The van der Waals surface area contributed by atoms with Crippen LogP contribution in [-0.4, -0.2) is 35.2 Å². The number of rotatable bonds is 7. The summed E-state index contributed by atoms with van der Waals surface area (Å²) in [5.41, 5.74) is 2.55. The first kappa shape index (κ1) is 19.0. The van der Waals surface area contributed by atoms with Crippen LogP contribution in [0.25, 0.3) is 0 Å². The molecule has 6 heteroatoms. The standard InChI is InChI=1S/C21H25N3O3/c1-16-9-11-17(12-10-16)21(23-13-5-2-6-14-23)19(15-25)22-18-7-3-4-8-20(18)24(26)27/h3-4,7-12,15,19,21-22H,2,5-6,13-14H2,1H3. The van der Waals surface area contributed by atoms with Crippen LogP contribution in [0, 0.1) is 17.0 Å². The number of likely N-dealkylation sites (tertiary alicyclic amines) is 1. The van der Waals surface area contributed by atoms with Gasteiger partial charge in [-0.2, -0.15) is 0 Å². The van der Waals surface area contributed by atoms with Gasteiger partial charge < -0.3 is 10.1 Å². The highest BCUT2D eigenvalue weighted by molar-refractivity contribution is 5.71. The molecule has 0 aromatic heterocycles. The molecule has 3 rings (SSSR count). The second-order valence-corrected chi connectivity index (χ2v) is 7.03. The van der Waals surface area contributed by atoms with E-state index in [1.807, 2.05) is 31.2 Å². The van der Waals surface area contributed by atoms with Crippen LogP contribution in [0.5, 0.6) is 0 Å². The molecule has 1 saturated heterocycles. The Hall–Kier alpha value is -2.73. The van der Waals surface area contributed by atoms with Crippen molar-refractivity contribution in [3.05, 3.63) is 69.8 Å². The van der Waals surface area contributed by atoms with Crippen LogP contribution in [0.2, 0.25) is 0 Å². The zero-order chi connectivity index (χ0) is 19.2. The van der Waals surface area contributed by atoms with E-state index in [4.69, 9.17) is 0 Å². The van der Waals surface area contributed by atoms with Crippen molar-refractivity contribution in [3.63, 3.8) is 0 Å². The van der Waals surface area contributed by atoms with Gasteiger partial charge in [-0.15, -0.1) is 0 Å². The molecule has 1 aliphatic rings. The molecule has 2 atom stereocenters. The number of carbonyl (C=O) groups is 1. The minimum atomic E-state index is -0.577. The van der Waals surface area contributed by atoms with Crippen molar-refractivity contribution in [1.82, 2.24) is 4.90 Å². The lowest BCUT2D eigenvalue weighted by molar-refractivity contribution is -0.384. The molecule has 0 spiro atoms. The fraction of sp³-hybridized carbons (Fsp3) is 0.381. The van der Waals surface area contributed by atoms with E-state index in [2.05, 4.69) is 10.2 Å². The van der Waals surface area contributed by atoms with E-state index in [1.165, 1.54) is 12.5 Å². The molecule has 0 aliphatic carbocycles. The highest BCUT2D eigenvalue weighted by atomic mass is 16.6. The Morgan fingerprint density at radius 1 is 1.07 bits per heavy atom. The summed E-state index contributed by atoms with van der Waals surface area (Å²) in [6.45, 7) is 3.87. The Balaban J connectivity index is 1.94. The van der Waals surface area contributed by atoms with Gasteiger partial charge in [0.25, 0.3) is 5.69 Å². The largest absolute Gasteiger partial charge is 0.368 e. The fourth-order valence-electron chi connectivity index (χ4n) is 3.73. The fourth-order valence-corrected chi connectivity index (χ4v) is 3.73. The first-order valence-electron chi connectivity index (χ1n) is 9.36. The van der Waals surface area contributed by atoms with Crippen LogP contribution in [0.4, 0.5) is 11.4 Å². The van der Waals surface area contributed by atoms with Gasteiger partial charge in [-0.1, -0.05) is 48.4 Å². The van der Waals surface area contributed by atoms with E-state index >= 15 is 0 Å².